The van der Waals surface area contributed by atoms with E-state index in [0.29, 0.717) is 6.54 Å². The van der Waals surface area contributed by atoms with Crippen molar-refractivity contribution in [2.75, 3.05) is 13.1 Å². The molecule has 0 unspecified atom stereocenters. The van der Waals surface area contributed by atoms with Gasteiger partial charge in [0.05, 0.1) is 0 Å². The third-order valence-corrected chi connectivity index (χ3v) is 6.23. The Morgan fingerprint density at radius 2 is 1.73 bits per heavy atom. The van der Waals surface area contributed by atoms with Gasteiger partial charge in [0.1, 0.15) is 0 Å². The van der Waals surface area contributed by atoms with Crippen LogP contribution in [0.3, 0.4) is 0 Å². The molecule has 1 fully saturated rings. The van der Waals surface area contributed by atoms with Crippen LogP contribution in [0.4, 0.5) is 0 Å². The summed E-state index contributed by atoms with van der Waals surface area (Å²) in [4.78, 5) is 13.7. The lowest BCUT2D eigenvalue weighted by Gasteiger charge is -2.30. The van der Waals surface area contributed by atoms with Crippen molar-refractivity contribution in [3.63, 3.8) is 0 Å². The second-order valence-corrected chi connectivity index (χ2v) is 9.05. The Labute approximate surface area is 168 Å². The van der Waals surface area contributed by atoms with Crippen LogP contribution in [0.1, 0.15) is 29.5 Å². The Morgan fingerprint density at radius 1 is 1.12 bits per heavy atom. The van der Waals surface area contributed by atoms with Gasteiger partial charge in [0, 0.05) is 34.9 Å². The fourth-order valence-corrected chi connectivity index (χ4v) is 4.71. The molecule has 5 heteroatoms. The third kappa shape index (κ3) is 5.60. The molecule has 1 amide bonds. The van der Waals surface area contributed by atoms with Crippen LogP contribution in [-0.4, -0.2) is 23.3 Å². The van der Waals surface area contributed by atoms with Gasteiger partial charge >= 0.3 is 0 Å². The van der Waals surface area contributed by atoms with Gasteiger partial charge in [-0.25, -0.2) is 4.31 Å². The van der Waals surface area contributed by atoms with E-state index in [-0.39, 0.29) is 11.8 Å². The normalized spacial score (nSPS) is 15.8. The maximum absolute atomic E-state index is 12.4. The Kier molecular flexibility index (Phi) is 6.79. The highest BCUT2D eigenvalue weighted by atomic mass is 79.9. The van der Waals surface area contributed by atoms with Crippen molar-refractivity contribution < 1.29 is 4.79 Å². The minimum atomic E-state index is 0.126. The minimum Gasteiger partial charge on any atom is -0.352 e. The van der Waals surface area contributed by atoms with Gasteiger partial charge in [-0.15, -0.1) is 0 Å². The molecular weight excluding hydrogens is 408 g/mol. The van der Waals surface area contributed by atoms with Crippen LogP contribution in [0.5, 0.6) is 0 Å². The van der Waals surface area contributed by atoms with Gasteiger partial charge in [-0.3, -0.25) is 4.79 Å². The fraction of sp³-hybridized carbons (Fsp3) is 0.381. The summed E-state index contributed by atoms with van der Waals surface area (Å²) in [6.07, 6.45) is 1.84. The second kappa shape index (κ2) is 9.07. The number of halogens is 1. The first-order chi connectivity index (χ1) is 12.5. The summed E-state index contributed by atoms with van der Waals surface area (Å²) in [5.41, 5.74) is 3.73. The molecule has 1 saturated heterocycles. The molecule has 2 aromatic carbocycles. The molecule has 3 rings (SSSR count). The van der Waals surface area contributed by atoms with Crippen molar-refractivity contribution in [2.45, 2.75) is 38.1 Å². The average molecular weight is 433 g/mol. The first-order valence-corrected chi connectivity index (χ1v) is 10.6. The van der Waals surface area contributed by atoms with E-state index in [9.17, 15) is 4.79 Å². The molecule has 138 valence electrons. The molecule has 0 radical (unpaired) electrons. The molecule has 1 aliphatic heterocycles. The highest BCUT2D eigenvalue weighted by Crippen LogP contribution is 2.29. The lowest BCUT2D eigenvalue weighted by atomic mass is 9.97. The molecule has 1 heterocycles. The molecule has 1 aliphatic rings. The van der Waals surface area contributed by atoms with E-state index in [1.165, 1.54) is 16.0 Å². The van der Waals surface area contributed by atoms with E-state index in [2.05, 4.69) is 57.6 Å². The molecular formula is C21H25BrN2OS. The van der Waals surface area contributed by atoms with Gasteiger partial charge in [-0.05, 0) is 79.6 Å². The maximum atomic E-state index is 12.4. The van der Waals surface area contributed by atoms with Crippen LogP contribution in [0.25, 0.3) is 0 Å². The van der Waals surface area contributed by atoms with Crippen molar-refractivity contribution in [1.29, 1.82) is 0 Å². The zero-order valence-corrected chi connectivity index (χ0v) is 17.7. The molecule has 3 nitrogen and oxygen atoms in total. The van der Waals surface area contributed by atoms with Crippen molar-refractivity contribution in [3.05, 3.63) is 63.6 Å². The van der Waals surface area contributed by atoms with Crippen molar-refractivity contribution >= 4 is 33.8 Å². The van der Waals surface area contributed by atoms with E-state index in [0.717, 1.165) is 36.0 Å². The topological polar surface area (TPSA) is 32.3 Å². The van der Waals surface area contributed by atoms with Gasteiger partial charge in [0.2, 0.25) is 5.91 Å². The summed E-state index contributed by atoms with van der Waals surface area (Å²) in [5, 5.41) is 3.09. The number of aryl methyl sites for hydroxylation is 2. The van der Waals surface area contributed by atoms with E-state index in [1.54, 1.807) is 0 Å². The Balaban J connectivity index is 1.45. The maximum Gasteiger partial charge on any atom is 0.223 e. The van der Waals surface area contributed by atoms with E-state index < -0.39 is 0 Å². The van der Waals surface area contributed by atoms with Crippen LogP contribution in [-0.2, 0) is 11.3 Å². The lowest BCUT2D eigenvalue weighted by molar-refractivity contribution is -0.126. The minimum absolute atomic E-state index is 0.126. The van der Waals surface area contributed by atoms with Gasteiger partial charge in [-0.1, -0.05) is 34.1 Å². The van der Waals surface area contributed by atoms with E-state index in [1.807, 2.05) is 36.2 Å². The molecule has 0 saturated carbocycles. The molecule has 26 heavy (non-hydrogen) atoms. The van der Waals surface area contributed by atoms with Gasteiger partial charge in [0.15, 0.2) is 0 Å². The summed E-state index contributed by atoms with van der Waals surface area (Å²) in [7, 11) is 0. The zero-order valence-electron chi connectivity index (χ0n) is 15.3. The molecule has 2 aromatic rings. The number of amides is 1. The highest BCUT2D eigenvalue weighted by Gasteiger charge is 2.25. The smallest absolute Gasteiger partial charge is 0.223 e. The lowest BCUT2D eigenvalue weighted by Crippen LogP contribution is -2.37. The molecule has 0 bridgehead atoms. The quantitative estimate of drug-likeness (QED) is 0.666. The molecule has 1 N–H and O–H groups in total. The summed E-state index contributed by atoms with van der Waals surface area (Å²) in [6.45, 7) is 6.78. The zero-order chi connectivity index (χ0) is 18.5. The van der Waals surface area contributed by atoms with Crippen LogP contribution in [0.15, 0.2) is 51.8 Å². The Bertz CT molecular complexity index is 735. The predicted molar refractivity (Wildman–Crippen MR) is 112 cm³/mol. The van der Waals surface area contributed by atoms with Crippen molar-refractivity contribution in [1.82, 2.24) is 9.62 Å². The largest absolute Gasteiger partial charge is 0.352 e. The standard InChI is InChI=1S/C21H25BrN2OS/c1-15-11-16(2)13-20(12-15)26-24-9-7-18(8-10-24)21(25)23-14-17-3-5-19(22)6-4-17/h3-6,11-13,18H,7-10,14H2,1-2H3,(H,23,25). The Morgan fingerprint density at radius 3 is 2.35 bits per heavy atom. The van der Waals surface area contributed by atoms with E-state index >= 15 is 0 Å². The first-order valence-electron chi connectivity index (χ1n) is 9.03. The van der Waals surface area contributed by atoms with Gasteiger partial charge in [-0.2, -0.15) is 0 Å². The molecule has 0 spiro atoms. The molecule has 0 aliphatic carbocycles. The second-order valence-electron chi connectivity index (χ2n) is 6.96. The third-order valence-electron chi connectivity index (χ3n) is 4.63. The van der Waals surface area contributed by atoms with Gasteiger partial charge in [0.25, 0.3) is 0 Å². The SMILES string of the molecule is Cc1cc(C)cc(SN2CCC(C(=O)NCc3ccc(Br)cc3)CC2)c1. The number of benzene rings is 2. The van der Waals surface area contributed by atoms with Crippen molar-refractivity contribution in [2.24, 2.45) is 5.92 Å². The average Bonchev–Trinajstić information content (AvgIpc) is 2.61. The predicted octanol–water partition coefficient (Wildman–Crippen LogP) is 5.10. The molecule has 0 aromatic heterocycles. The number of hydrogen-bond donors (Lipinski definition) is 1. The fourth-order valence-electron chi connectivity index (χ4n) is 3.28. The summed E-state index contributed by atoms with van der Waals surface area (Å²) < 4.78 is 3.44. The van der Waals surface area contributed by atoms with Crippen LogP contribution in [0, 0.1) is 19.8 Å². The highest BCUT2D eigenvalue weighted by molar-refractivity contribution is 9.10. The number of carbonyl (C=O) groups is 1. The number of nitrogens with zero attached hydrogens (tertiary/aromatic N) is 1. The number of carbonyl (C=O) groups excluding carboxylic acids is 1. The summed E-state index contributed by atoms with van der Waals surface area (Å²) in [5.74, 6) is 0.311. The van der Waals surface area contributed by atoms with Crippen LogP contribution >= 0.6 is 27.9 Å². The Hall–Kier alpha value is -1.30. The summed E-state index contributed by atoms with van der Waals surface area (Å²) in [6, 6.07) is 14.7. The number of hydrogen-bond acceptors (Lipinski definition) is 3. The van der Waals surface area contributed by atoms with Crippen LogP contribution in [0.2, 0.25) is 0 Å². The van der Waals surface area contributed by atoms with E-state index in [4.69, 9.17) is 0 Å². The number of piperidine rings is 1. The first kappa shape index (κ1) is 19.5. The number of rotatable bonds is 5. The summed E-state index contributed by atoms with van der Waals surface area (Å²) >= 11 is 5.25. The number of nitrogens with one attached hydrogen (secondary N) is 1. The van der Waals surface area contributed by atoms with Crippen LogP contribution < -0.4 is 5.32 Å². The monoisotopic (exact) mass is 432 g/mol. The van der Waals surface area contributed by atoms with Gasteiger partial charge < -0.3 is 5.32 Å². The van der Waals surface area contributed by atoms with Crippen molar-refractivity contribution in [3.8, 4) is 0 Å². The molecule has 0 atom stereocenters.